The third-order valence-electron chi connectivity index (χ3n) is 7.04. The molecule has 0 atom stereocenters. The molecule has 0 spiro atoms. The van der Waals surface area contributed by atoms with Gasteiger partial charge in [-0.1, -0.05) is 30.3 Å². The number of amides is 1. The first-order valence-electron chi connectivity index (χ1n) is 12.0. The van der Waals surface area contributed by atoms with Gasteiger partial charge in [-0.3, -0.25) is 4.79 Å². The number of piperidine rings is 1. The van der Waals surface area contributed by atoms with Crippen LogP contribution in [0.3, 0.4) is 0 Å². The summed E-state index contributed by atoms with van der Waals surface area (Å²) >= 11 is 0. The summed E-state index contributed by atoms with van der Waals surface area (Å²) in [6.45, 7) is 5.58. The Morgan fingerprint density at radius 3 is 2.61 bits per heavy atom. The van der Waals surface area contributed by atoms with Crippen LogP contribution in [-0.2, 0) is 19.9 Å². The van der Waals surface area contributed by atoms with Crippen molar-refractivity contribution in [2.45, 2.75) is 44.9 Å². The number of carbonyl (C=O) groups is 1. The fourth-order valence-electron chi connectivity index (χ4n) is 5.07. The highest BCUT2D eigenvalue weighted by Crippen LogP contribution is 2.32. The number of carbonyl (C=O) groups excluding carboxylic acids is 1. The summed E-state index contributed by atoms with van der Waals surface area (Å²) in [4.78, 5) is 31.4. The minimum absolute atomic E-state index is 0.00979. The Morgan fingerprint density at radius 1 is 1.09 bits per heavy atom. The molecule has 1 fully saturated rings. The van der Waals surface area contributed by atoms with Crippen LogP contribution in [0.1, 0.15) is 58.4 Å². The second kappa shape index (κ2) is 9.33. The molecule has 3 aromatic rings. The van der Waals surface area contributed by atoms with Gasteiger partial charge in [0.15, 0.2) is 5.82 Å². The van der Waals surface area contributed by atoms with Crippen LogP contribution in [0.2, 0.25) is 0 Å². The maximum absolute atomic E-state index is 12.8. The highest BCUT2D eigenvalue weighted by Gasteiger charge is 2.30. The molecule has 5 rings (SSSR count). The molecular formula is C26H32N6O. The van der Waals surface area contributed by atoms with Gasteiger partial charge in [0.2, 0.25) is 0 Å². The van der Waals surface area contributed by atoms with Gasteiger partial charge >= 0.3 is 0 Å². The Bertz CT molecular complexity index is 1120. The second-order valence-corrected chi connectivity index (χ2v) is 9.22. The standard InChI is InChI=1S/C26H32N6O/c1-19-22-9-6-14-31(15-10-20-7-4-3-5-8-20)24(22)29-23(28-19)21-11-16-32(17-12-21)26(33)25-27-13-18-30(25)2/h3-5,7-8,13,18,21H,6,9-12,14-17H2,1-2H3. The Morgan fingerprint density at radius 2 is 1.88 bits per heavy atom. The first-order chi connectivity index (χ1) is 16.1. The normalized spacial score (nSPS) is 16.7. The van der Waals surface area contributed by atoms with Crippen molar-refractivity contribution in [3.63, 3.8) is 0 Å². The molecule has 1 amide bonds. The number of nitrogens with zero attached hydrogens (tertiary/aromatic N) is 6. The molecule has 0 aliphatic carbocycles. The number of aryl methyl sites for hydroxylation is 2. The molecule has 2 aliphatic heterocycles. The highest BCUT2D eigenvalue weighted by atomic mass is 16.2. The van der Waals surface area contributed by atoms with Crippen LogP contribution < -0.4 is 4.90 Å². The minimum Gasteiger partial charge on any atom is -0.356 e. The van der Waals surface area contributed by atoms with Gasteiger partial charge in [0, 0.05) is 62.8 Å². The number of hydrogen-bond donors (Lipinski definition) is 0. The molecule has 0 unspecified atom stereocenters. The van der Waals surface area contributed by atoms with Gasteiger partial charge in [0.25, 0.3) is 5.91 Å². The summed E-state index contributed by atoms with van der Waals surface area (Å²) in [5.74, 6) is 2.88. The maximum atomic E-state index is 12.8. The van der Waals surface area contributed by atoms with E-state index in [-0.39, 0.29) is 11.8 Å². The molecule has 2 aliphatic rings. The fraction of sp³-hybridized carbons (Fsp3) is 0.462. The summed E-state index contributed by atoms with van der Waals surface area (Å²) in [6, 6.07) is 10.7. The number of aromatic nitrogens is 4. The molecule has 4 heterocycles. The number of benzene rings is 1. The van der Waals surface area contributed by atoms with E-state index in [0.717, 1.165) is 62.5 Å². The number of likely N-dealkylation sites (tertiary alicyclic amines) is 1. The first kappa shape index (κ1) is 21.6. The molecule has 33 heavy (non-hydrogen) atoms. The average molecular weight is 445 g/mol. The van der Waals surface area contributed by atoms with E-state index in [0.29, 0.717) is 18.9 Å². The monoisotopic (exact) mass is 444 g/mol. The molecule has 7 nitrogen and oxygen atoms in total. The smallest absolute Gasteiger partial charge is 0.289 e. The van der Waals surface area contributed by atoms with E-state index in [4.69, 9.17) is 9.97 Å². The molecule has 0 bridgehead atoms. The van der Waals surface area contributed by atoms with Crippen molar-refractivity contribution in [2.24, 2.45) is 7.05 Å². The lowest BCUT2D eigenvalue weighted by atomic mass is 9.94. The zero-order valence-corrected chi connectivity index (χ0v) is 19.6. The lowest BCUT2D eigenvalue weighted by Crippen LogP contribution is -2.39. The number of imidazole rings is 1. The third kappa shape index (κ3) is 4.49. The van der Waals surface area contributed by atoms with Crippen LogP contribution in [0.5, 0.6) is 0 Å². The molecular weight excluding hydrogens is 412 g/mol. The summed E-state index contributed by atoms with van der Waals surface area (Å²) in [5, 5.41) is 0. The summed E-state index contributed by atoms with van der Waals surface area (Å²) in [7, 11) is 1.86. The first-order valence-corrected chi connectivity index (χ1v) is 12.0. The predicted molar refractivity (Wildman–Crippen MR) is 129 cm³/mol. The van der Waals surface area contributed by atoms with Crippen molar-refractivity contribution < 1.29 is 4.79 Å². The van der Waals surface area contributed by atoms with Gasteiger partial charge < -0.3 is 14.4 Å². The Balaban J connectivity index is 1.29. The number of rotatable bonds is 5. The highest BCUT2D eigenvalue weighted by molar-refractivity contribution is 5.90. The lowest BCUT2D eigenvalue weighted by molar-refractivity contribution is 0.0695. The molecule has 2 aromatic heterocycles. The van der Waals surface area contributed by atoms with Gasteiger partial charge in [0.1, 0.15) is 11.6 Å². The zero-order valence-electron chi connectivity index (χ0n) is 19.6. The summed E-state index contributed by atoms with van der Waals surface area (Å²) in [6.07, 6.45) is 8.49. The largest absolute Gasteiger partial charge is 0.356 e. The fourth-order valence-corrected chi connectivity index (χ4v) is 5.07. The molecule has 0 N–H and O–H groups in total. The van der Waals surface area contributed by atoms with Gasteiger partial charge in [0.05, 0.1) is 0 Å². The predicted octanol–water partition coefficient (Wildman–Crippen LogP) is 3.53. The van der Waals surface area contributed by atoms with E-state index < -0.39 is 0 Å². The maximum Gasteiger partial charge on any atom is 0.289 e. The van der Waals surface area contributed by atoms with E-state index in [9.17, 15) is 4.79 Å². The number of hydrogen-bond acceptors (Lipinski definition) is 5. The van der Waals surface area contributed by atoms with Gasteiger partial charge in [-0.25, -0.2) is 15.0 Å². The molecule has 1 aromatic carbocycles. The second-order valence-electron chi connectivity index (χ2n) is 9.22. The van der Waals surface area contributed by atoms with Crippen LogP contribution in [0, 0.1) is 6.92 Å². The van der Waals surface area contributed by atoms with E-state index in [2.05, 4.69) is 47.1 Å². The van der Waals surface area contributed by atoms with E-state index in [1.54, 1.807) is 10.8 Å². The molecule has 1 saturated heterocycles. The van der Waals surface area contributed by atoms with Crippen molar-refractivity contribution in [3.8, 4) is 0 Å². The topological polar surface area (TPSA) is 67.2 Å². The Labute approximate surface area is 195 Å². The minimum atomic E-state index is 0.00979. The van der Waals surface area contributed by atoms with Crippen LogP contribution in [0.25, 0.3) is 0 Å². The van der Waals surface area contributed by atoms with Crippen molar-refractivity contribution in [1.82, 2.24) is 24.4 Å². The quantitative estimate of drug-likeness (QED) is 0.602. The summed E-state index contributed by atoms with van der Waals surface area (Å²) < 4.78 is 1.79. The van der Waals surface area contributed by atoms with Crippen LogP contribution >= 0.6 is 0 Å². The number of fused-ring (bicyclic) bond motifs is 1. The van der Waals surface area contributed by atoms with Crippen molar-refractivity contribution in [3.05, 3.63) is 71.2 Å². The van der Waals surface area contributed by atoms with E-state index in [1.165, 1.54) is 11.1 Å². The average Bonchev–Trinajstić information content (AvgIpc) is 3.29. The van der Waals surface area contributed by atoms with Crippen LogP contribution in [0.15, 0.2) is 42.7 Å². The van der Waals surface area contributed by atoms with Gasteiger partial charge in [-0.15, -0.1) is 0 Å². The van der Waals surface area contributed by atoms with Crippen molar-refractivity contribution in [1.29, 1.82) is 0 Å². The lowest BCUT2D eigenvalue weighted by Gasteiger charge is -2.34. The molecule has 0 saturated carbocycles. The molecule has 172 valence electrons. The molecule has 7 heteroatoms. The van der Waals surface area contributed by atoms with Crippen LogP contribution in [-0.4, -0.2) is 56.5 Å². The van der Waals surface area contributed by atoms with Gasteiger partial charge in [-0.05, 0) is 44.6 Å². The van der Waals surface area contributed by atoms with Crippen molar-refractivity contribution in [2.75, 3.05) is 31.1 Å². The van der Waals surface area contributed by atoms with E-state index in [1.807, 2.05) is 18.1 Å². The van der Waals surface area contributed by atoms with E-state index >= 15 is 0 Å². The SMILES string of the molecule is Cc1nc(C2CCN(C(=O)c3nccn3C)CC2)nc2c1CCCN2CCc1ccccc1. The Kier molecular flexibility index (Phi) is 6.11. The Hall–Kier alpha value is -3.22. The van der Waals surface area contributed by atoms with Gasteiger partial charge in [-0.2, -0.15) is 0 Å². The molecule has 0 radical (unpaired) electrons. The number of anilines is 1. The van der Waals surface area contributed by atoms with Crippen molar-refractivity contribution >= 4 is 11.7 Å². The third-order valence-corrected chi connectivity index (χ3v) is 7.04. The van der Waals surface area contributed by atoms with Crippen LogP contribution in [0.4, 0.5) is 5.82 Å². The summed E-state index contributed by atoms with van der Waals surface area (Å²) in [5.41, 5.74) is 3.78. The zero-order chi connectivity index (χ0) is 22.8.